The summed E-state index contributed by atoms with van der Waals surface area (Å²) in [6, 6.07) is 8.72. The van der Waals surface area contributed by atoms with E-state index in [1.54, 1.807) is 16.9 Å². The van der Waals surface area contributed by atoms with Gasteiger partial charge in [0.15, 0.2) is 5.82 Å². The number of hydrogen-bond donors (Lipinski definition) is 1. The molecule has 2 heterocycles. The average molecular weight is 288 g/mol. The molecular weight excluding hydrogens is 278 g/mol. The number of benzene rings is 1. The maximum Gasteiger partial charge on any atom is 0.337 e. The summed E-state index contributed by atoms with van der Waals surface area (Å²) in [4.78, 5) is 15.5. The van der Waals surface area contributed by atoms with Gasteiger partial charge in [0.05, 0.1) is 22.3 Å². The van der Waals surface area contributed by atoms with Gasteiger partial charge in [-0.15, -0.1) is 0 Å². The minimum Gasteiger partial charge on any atom is -0.478 e. The van der Waals surface area contributed by atoms with Crippen LogP contribution in [0.25, 0.3) is 16.7 Å². The van der Waals surface area contributed by atoms with Crippen LogP contribution in [0.1, 0.15) is 16.1 Å². The number of rotatable bonds is 2. The number of pyridine rings is 1. The lowest BCUT2D eigenvalue weighted by atomic mass is 10.1. The molecule has 0 spiro atoms. The number of fused-ring (bicyclic) bond motifs is 1. The molecule has 0 unspecified atom stereocenters. The van der Waals surface area contributed by atoms with Gasteiger partial charge in [0.1, 0.15) is 0 Å². The van der Waals surface area contributed by atoms with Crippen molar-refractivity contribution in [3.05, 3.63) is 52.8 Å². The fourth-order valence-corrected chi connectivity index (χ4v) is 2.28. The van der Waals surface area contributed by atoms with Crippen molar-refractivity contribution in [3.63, 3.8) is 0 Å². The molecule has 0 aliphatic carbocycles. The summed E-state index contributed by atoms with van der Waals surface area (Å²) in [5, 5.41) is 14.2. The highest BCUT2D eigenvalue weighted by Gasteiger charge is 2.14. The highest BCUT2D eigenvalue weighted by Crippen LogP contribution is 2.25. The maximum absolute atomic E-state index is 11.1. The van der Waals surface area contributed by atoms with E-state index in [-0.39, 0.29) is 10.6 Å². The molecule has 2 aromatic heterocycles. The Hall–Kier alpha value is -2.40. The highest BCUT2D eigenvalue weighted by molar-refractivity contribution is 6.34. The zero-order chi connectivity index (χ0) is 14.3. The van der Waals surface area contributed by atoms with E-state index in [0.717, 1.165) is 11.2 Å². The Balaban J connectivity index is 2.24. The van der Waals surface area contributed by atoms with Crippen LogP contribution in [0.3, 0.4) is 0 Å². The van der Waals surface area contributed by atoms with Crippen molar-refractivity contribution in [1.29, 1.82) is 0 Å². The predicted molar refractivity (Wildman–Crippen MR) is 75.6 cm³/mol. The third-order valence-electron chi connectivity index (χ3n) is 2.98. The van der Waals surface area contributed by atoms with E-state index >= 15 is 0 Å². The second-order valence-corrected chi connectivity index (χ2v) is 4.80. The summed E-state index contributed by atoms with van der Waals surface area (Å²) in [7, 11) is 0. The van der Waals surface area contributed by atoms with Gasteiger partial charge in [-0.2, -0.15) is 5.10 Å². The number of halogens is 1. The van der Waals surface area contributed by atoms with Gasteiger partial charge < -0.3 is 5.11 Å². The largest absolute Gasteiger partial charge is 0.478 e. The van der Waals surface area contributed by atoms with E-state index in [1.165, 1.54) is 6.07 Å². The summed E-state index contributed by atoms with van der Waals surface area (Å²) in [5.41, 5.74) is 1.66. The molecular formula is C14H10ClN3O2. The van der Waals surface area contributed by atoms with Gasteiger partial charge in [-0.05, 0) is 31.2 Å². The van der Waals surface area contributed by atoms with Gasteiger partial charge in [0.2, 0.25) is 0 Å². The van der Waals surface area contributed by atoms with Gasteiger partial charge in [-0.1, -0.05) is 17.7 Å². The first-order valence-electron chi connectivity index (χ1n) is 5.91. The molecule has 1 aromatic carbocycles. The Labute approximate surface area is 119 Å². The van der Waals surface area contributed by atoms with Crippen molar-refractivity contribution in [3.8, 4) is 5.82 Å². The normalized spacial score (nSPS) is 10.9. The zero-order valence-corrected chi connectivity index (χ0v) is 11.3. The Bertz CT molecular complexity index is 826. The highest BCUT2D eigenvalue weighted by atomic mass is 35.5. The van der Waals surface area contributed by atoms with E-state index in [2.05, 4.69) is 10.1 Å². The lowest BCUT2D eigenvalue weighted by Crippen LogP contribution is -2.01. The van der Waals surface area contributed by atoms with E-state index in [4.69, 9.17) is 16.7 Å². The number of aromatic nitrogens is 3. The van der Waals surface area contributed by atoms with Crippen molar-refractivity contribution in [1.82, 2.24) is 14.8 Å². The van der Waals surface area contributed by atoms with Gasteiger partial charge >= 0.3 is 5.97 Å². The number of aryl methyl sites for hydroxylation is 1. The molecule has 0 bridgehead atoms. The molecule has 0 fully saturated rings. The van der Waals surface area contributed by atoms with Crippen LogP contribution < -0.4 is 0 Å². The number of aromatic carboxylic acids is 1. The fourth-order valence-electron chi connectivity index (χ4n) is 2.04. The van der Waals surface area contributed by atoms with Crippen LogP contribution in [0.5, 0.6) is 0 Å². The minimum atomic E-state index is -1.06. The van der Waals surface area contributed by atoms with Crippen LogP contribution in [0, 0.1) is 6.92 Å². The van der Waals surface area contributed by atoms with Crippen LogP contribution in [0.2, 0.25) is 5.02 Å². The monoisotopic (exact) mass is 287 g/mol. The zero-order valence-electron chi connectivity index (χ0n) is 10.5. The first kappa shape index (κ1) is 12.6. The molecule has 0 aliphatic heterocycles. The molecule has 0 saturated carbocycles. The summed E-state index contributed by atoms with van der Waals surface area (Å²) in [6.07, 6.45) is 1.60. The van der Waals surface area contributed by atoms with Gasteiger partial charge in [-0.25, -0.2) is 14.5 Å². The Kier molecular flexibility index (Phi) is 2.91. The summed E-state index contributed by atoms with van der Waals surface area (Å²) in [5.74, 6) is -0.391. The lowest BCUT2D eigenvalue weighted by Gasteiger charge is -2.05. The van der Waals surface area contributed by atoms with Crippen molar-refractivity contribution in [2.45, 2.75) is 6.92 Å². The fraction of sp³-hybridized carbons (Fsp3) is 0.0714. The molecule has 0 saturated heterocycles. The standard InChI is InChI=1S/C14H10ClN3O2/c1-8-3-2-4-13(17-8)18-12-6-11(15)10(14(19)20)5-9(12)7-16-18/h2-7H,1H3,(H,19,20). The summed E-state index contributed by atoms with van der Waals surface area (Å²) < 4.78 is 1.64. The Morgan fingerprint density at radius 3 is 2.85 bits per heavy atom. The summed E-state index contributed by atoms with van der Waals surface area (Å²) >= 11 is 6.00. The first-order chi connectivity index (χ1) is 9.56. The third-order valence-corrected chi connectivity index (χ3v) is 3.29. The Morgan fingerprint density at radius 1 is 1.35 bits per heavy atom. The molecule has 0 aliphatic rings. The van der Waals surface area contributed by atoms with Gasteiger partial charge in [0.25, 0.3) is 0 Å². The van der Waals surface area contributed by atoms with E-state index < -0.39 is 5.97 Å². The minimum absolute atomic E-state index is 0.0657. The molecule has 1 N–H and O–H groups in total. The number of hydrogen-bond acceptors (Lipinski definition) is 3. The second kappa shape index (κ2) is 4.61. The third kappa shape index (κ3) is 2.02. The average Bonchev–Trinajstić information content (AvgIpc) is 2.80. The molecule has 6 heteroatoms. The first-order valence-corrected chi connectivity index (χ1v) is 6.28. The van der Waals surface area contributed by atoms with Crippen molar-refractivity contribution < 1.29 is 9.90 Å². The quantitative estimate of drug-likeness (QED) is 0.786. The van der Waals surface area contributed by atoms with Crippen LogP contribution in [0.4, 0.5) is 0 Å². The maximum atomic E-state index is 11.1. The molecule has 0 atom stereocenters. The van der Waals surface area contributed by atoms with Crippen LogP contribution in [-0.4, -0.2) is 25.8 Å². The molecule has 3 aromatic rings. The molecule has 3 rings (SSSR count). The predicted octanol–water partition coefficient (Wildman–Crippen LogP) is 3.08. The van der Waals surface area contributed by atoms with Crippen molar-refractivity contribution in [2.75, 3.05) is 0 Å². The topological polar surface area (TPSA) is 68.0 Å². The molecule has 100 valence electrons. The number of carboxylic acids is 1. The van der Waals surface area contributed by atoms with Crippen LogP contribution >= 0.6 is 11.6 Å². The number of carbonyl (C=O) groups is 1. The van der Waals surface area contributed by atoms with Crippen molar-refractivity contribution in [2.24, 2.45) is 0 Å². The summed E-state index contributed by atoms with van der Waals surface area (Å²) in [6.45, 7) is 1.89. The Morgan fingerprint density at radius 2 is 2.15 bits per heavy atom. The lowest BCUT2D eigenvalue weighted by molar-refractivity contribution is 0.0697. The SMILES string of the molecule is Cc1cccc(-n2ncc3cc(C(=O)O)c(Cl)cc32)n1. The van der Waals surface area contributed by atoms with Crippen molar-refractivity contribution >= 4 is 28.5 Å². The molecule has 0 radical (unpaired) electrons. The van der Waals surface area contributed by atoms with Gasteiger partial charge in [-0.3, -0.25) is 0 Å². The van der Waals surface area contributed by atoms with Crippen LogP contribution in [0.15, 0.2) is 36.5 Å². The second-order valence-electron chi connectivity index (χ2n) is 4.39. The number of carboxylic acid groups (broad SMARTS) is 1. The molecule has 20 heavy (non-hydrogen) atoms. The van der Waals surface area contributed by atoms with Gasteiger partial charge in [0, 0.05) is 11.1 Å². The molecule has 5 nitrogen and oxygen atoms in total. The van der Waals surface area contributed by atoms with E-state index in [9.17, 15) is 4.79 Å². The van der Waals surface area contributed by atoms with E-state index in [1.807, 2.05) is 25.1 Å². The smallest absolute Gasteiger partial charge is 0.337 e. The molecule has 0 amide bonds. The van der Waals surface area contributed by atoms with E-state index in [0.29, 0.717) is 11.2 Å². The van der Waals surface area contributed by atoms with Crippen LogP contribution in [-0.2, 0) is 0 Å². The number of nitrogens with zero attached hydrogens (tertiary/aromatic N) is 3.